The maximum atomic E-state index is 12.4. The minimum atomic E-state index is -0.0528. The van der Waals surface area contributed by atoms with Gasteiger partial charge in [-0.25, -0.2) is 0 Å². The number of aryl methyl sites for hydroxylation is 1. The van der Waals surface area contributed by atoms with E-state index in [0.29, 0.717) is 6.04 Å². The Bertz CT molecular complexity index is 514. The van der Waals surface area contributed by atoms with Gasteiger partial charge in [-0.1, -0.05) is 32.0 Å². The van der Waals surface area contributed by atoms with E-state index in [1.165, 1.54) is 24.8 Å². The number of fused-ring (bicyclic) bond motifs is 1. The van der Waals surface area contributed by atoms with Crippen molar-refractivity contribution in [2.24, 2.45) is 11.8 Å². The number of nitrogens with one attached hydrogen (secondary N) is 2. The van der Waals surface area contributed by atoms with Crippen LogP contribution in [0.15, 0.2) is 24.3 Å². The molecule has 0 saturated heterocycles. The molecule has 4 unspecified atom stereocenters. The molecule has 3 rings (SSSR count). The summed E-state index contributed by atoms with van der Waals surface area (Å²) < 4.78 is 0. The highest BCUT2D eigenvalue weighted by Gasteiger charge is 2.29. The van der Waals surface area contributed by atoms with Crippen LogP contribution in [0.4, 0.5) is 5.69 Å². The Kier molecular flexibility index (Phi) is 4.29. The number of rotatable bonds is 2. The predicted octanol–water partition coefficient (Wildman–Crippen LogP) is 3.35. The summed E-state index contributed by atoms with van der Waals surface area (Å²) in [4.78, 5) is 12.4. The molecule has 1 aliphatic carbocycles. The molecule has 1 fully saturated rings. The first-order valence-corrected chi connectivity index (χ1v) is 8.28. The third-order valence-corrected chi connectivity index (χ3v) is 5.33. The maximum Gasteiger partial charge on any atom is 0.241 e. The zero-order valence-electron chi connectivity index (χ0n) is 13.1. The number of carbonyl (C=O) groups excluding carboxylic acids is 1. The molecule has 0 radical (unpaired) electrons. The third-order valence-electron chi connectivity index (χ3n) is 5.33. The van der Waals surface area contributed by atoms with Crippen molar-refractivity contribution in [3.05, 3.63) is 29.8 Å². The molecule has 114 valence electrons. The summed E-state index contributed by atoms with van der Waals surface area (Å²) in [6.07, 6.45) is 5.52. The lowest BCUT2D eigenvalue weighted by molar-refractivity contribution is -0.118. The Morgan fingerprint density at radius 2 is 1.90 bits per heavy atom. The van der Waals surface area contributed by atoms with E-state index in [0.717, 1.165) is 30.4 Å². The van der Waals surface area contributed by atoms with Crippen molar-refractivity contribution in [2.75, 3.05) is 5.32 Å². The maximum absolute atomic E-state index is 12.4. The van der Waals surface area contributed by atoms with Crippen LogP contribution in [0.25, 0.3) is 0 Å². The van der Waals surface area contributed by atoms with E-state index in [9.17, 15) is 4.79 Å². The van der Waals surface area contributed by atoms with Crippen LogP contribution in [-0.2, 0) is 11.2 Å². The van der Waals surface area contributed by atoms with Gasteiger partial charge in [0.25, 0.3) is 0 Å². The van der Waals surface area contributed by atoms with Gasteiger partial charge < -0.3 is 10.6 Å². The van der Waals surface area contributed by atoms with Gasteiger partial charge in [0.2, 0.25) is 5.91 Å². The van der Waals surface area contributed by atoms with E-state index in [-0.39, 0.29) is 11.9 Å². The average Bonchev–Trinajstić information content (AvgIpc) is 2.63. The zero-order valence-corrected chi connectivity index (χ0v) is 13.1. The highest BCUT2D eigenvalue weighted by atomic mass is 16.2. The number of hydrogen-bond donors (Lipinski definition) is 2. The van der Waals surface area contributed by atoms with Crippen molar-refractivity contribution >= 4 is 11.6 Å². The van der Waals surface area contributed by atoms with E-state index < -0.39 is 0 Å². The number of carbonyl (C=O) groups is 1. The number of benzene rings is 1. The Morgan fingerprint density at radius 1 is 1.10 bits per heavy atom. The molecule has 0 aromatic heterocycles. The Labute approximate surface area is 127 Å². The van der Waals surface area contributed by atoms with Crippen LogP contribution in [0, 0.1) is 11.8 Å². The molecular formula is C18H26N2O. The van der Waals surface area contributed by atoms with Gasteiger partial charge in [-0.05, 0) is 55.6 Å². The summed E-state index contributed by atoms with van der Waals surface area (Å²) >= 11 is 0. The van der Waals surface area contributed by atoms with Gasteiger partial charge >= 0.3 is 0 Å². The summed E-state index contributed by atoms with van der Waals surface area (Å²) in [5, 5.41) is 6.70. The SMILES string of the molecule is CC1CCC(NC2CCc3ccccc3NC2=O)CC1C. The highest BCUT2D eigenvalue weighted by Crippen LogP contribution is 2.30. The van der Waals surface area contributed by atoms with Crippen molar-refractivity contribution < 1.29 is 4.79 Å². The van der Waals surface area contributed by atoms with E-state index in [1.807, 2.05) is 18.2 Å². The van der Waals surface area contributed by atoms with Gasteiger partial charge in [0.05, 0.1) is 6.04 Å². The molecule has 3 nitrogen and oxygen atoms in total. The van der Waals surface area contributed by atoms with E-state index in [2.05, 4.69) is 30.5 Å². The fourth-order valence-electron chi connectivity index (χ4n) is 3.65. The first-order chi connectivity index (χ1) is 10.1. The van der Waals surface area contributed by atoms with Crippen molar-refractivity contribution in [2.45, 2.75) is 58.0 Å². The van der Waals surface area contributed by atoms with Gasteiger partial charge in [-0.15, -0.1) is 0 Å². The Hall–Kier alpha value is -1.35. The summed E-state index contributed by atoms with van der Waals surface area (Å²) in [7, 11) is 0. The van der Waals surface area contributed by atoms with Crippen molar-refractivity contribution in [1.29, 1.82) is 0 Å². The quantitative estimate of drug-likeness (QED) is 0.875. The number of para-hydroxylation sites is 1. The average molecular weight is 286 g/mol. The lowest BCUT2D eigenvalue weighted by atomic mass is 9.79. The first-order valence-electron chi connectivity index (χ1n) is 8.28. The number of hydrogen-bond acceptors (Lipinski definition) is 2. The van der Waals surface area contributed by atoms with Crippen LogP contribution in [0.2, 0.25) is 0 Å². The second kappa shape index (κ2) is 6.18. The second-order valence-electron chi connectivity index (χ2n) is 6.87. The van der Waals surface area contributed by atoms with E-state index >= 15 is 0 Å². The molecule has 1 aromatic rings. The molecular weight excluding hydrogens is 260 g/mol. The molecule has 3 heteroatoms. The van der Waals surface area contributed by atoms with Crippen LogP contribution in [-0.4, -0.2) is 18.0 Å². The van der Waals surface area contributed by atoms with Crippen LogP contribution >= 0.6 is 0 Å². The smallest absolute Gasteiger partial charge is 0.241 e. The minimum absolute atomic E-state index is 0.0528. The third kappa shape index (κ3) is 3.29. The Morgan fingerprint density at radius 3 is 2.71 bits per heavy atom. The fraction of sp³-hybridized carbons (Fsp3) is 0.611. The number of anilines is 1. The van der Waals surface area contributed by atoms with E-state index in [4.69, 9.17) is 0 Å². The summed E-state index contributed by atoms with van der Waals surface area (Å²) in [6, 6.07) is 8.58. The van der Waals surface area contributed by atoms with Crippen molar-refractivity contribution in [3.8, 4) is 0 Å². The van der Waals surface area contributed by atoms with Crippen LogP contribution in [0.5, 0.6) is 0 Å². The standard InChI is InChI=1S/C18H26N2O/c1-12-7-9-15(11-13(12)2)19-17-10-8-14-5-3-4-6-16(14)20-18(17)21/h3-6,12-13,15,17,19H,7-11H2,1-2H3,(H,20,21). The lowest BCUT2D eigenvalue weighted by Crippen LogP contribution is -2.47. The molecule has 1 aliphatic heterocycles. The monoisotopic (exact) mass is 286 g/mol. The van der Waals surface area contributed by atoms with Crippen molar-refractivity contribution in [3.63, 3.8) is 0 Å². The lowest BCUT2D eigenvalue weighted by Gasteiger charge is -2.34. The first kappa shape index (κ1) is 14.6. The van der Waals surface area contributed by atoms with Gasteiger partial charge in [-0.2, -0.15) is 0 Å². The van der Waals surface area contributed by atoms with Crippen LogP contribution in [0.3, 0.4) is 0 Å². The number of amides is 1. The molecule has 1 amide bonds. The van der Waals surface area contributed by atoms with Crippen molar-refractivity contribution in [1.82, 2.24) is 5.32 Å². The minimum Gasteiger partial charge on any atom is -0.324 e. The van der Waals surface area contributed by atoms with Crippen LogP contribution in [0.1, 0.15) is 45.1 Å². The van der Waals surface area contributed by atoms with Crippen LogP contribution < -0.4 is 10.6 Å². The topological polar surface area (TPSA) is 41.1 Å². The normalized spacial score (nSPS) is 33.0. The van der Waals surface area contributed by atoms with Gasteiger partial charge in [0.15, 0.2) is 0 Å². The highest BCUT2D eigenvalue weighted by molar-refractivity contribution is 5.96. The van der Waals surface area contributed by atoms with E-state index in [1.54, 1.807) is 0 Å². The molecule has 2 aliphatic rings. The van der Waals surface area contributed by atoms with Gasteiger partial charge in [-0.3, -0.25) is 4.79 Å². The molecule has 0 bridgehead atoms. The molecule has 4 atom stereocenters. The Balaban J connectivity index is 1.64. The second-order valence-corrected chi connectivity index (χ2v) is 6.87. The molecule has 0 spiro atoms. The van der Waals surface area contributed by atoms with Gasteiger partial charge in [0, 0.05) is 11.7 Å². The fourth-order valence-corrected chi connectivity index (χ4v) is 3.65. The summed E-state index contributed by atoms with van der Waals surface area (Å²) in [6.45, 7) is 4.68. The summed E-state index contributed by atoms with van der Waals surface area (Å²) in [5.74, 6) is 1.70. The zero-order chi connectivity index (χ0) is 14.8. The summed E-state index contributed by atoms with van der Waals surface area (Å²) in [5.41, 5.74) is 2.23. The molecule has 1 saturated carbocycles. The molecule has 1 aromatic carbocycles. The largest absolute Gasteiger partial charge is 0.324 e. The molecule has 2 N–H and O–H groups in total. The van der Waals surface area contributed by atoms with Gasteiger partial charge in [0.1, 0.15) is 0 Å². The molecule has 1 heterocycles. The predicted molar refractivity (Wildman–Crippen MR) is 86.3 cm³/mol. The molecule has 21 heavy (non-hydrogen) atoms.